The molecule has 48 heavy (non-hydrogen) atoms. The van der Waals surface area contributed by atoms with Crippen LogP contribution in [0.1, 0.15) is 251 Å². The summed E-state index contributed by atoms with van der Waals surface area (Å²) in [7, 11) is 0. The number of aliphatic carboxylic acids is 1. The second-order valence-electron chi connectivity index (χ2n) is 14.9. The average molecular weight is 677 g/mol. The standard InChI is InChI=1S/C44H84O4/c1-3-5-7-9-11-13-15-17-19-20-21-23-25-27-30-34-38-42(39-35-31-29-32-36-40-43(45)46)48-44(47)41-37-33-28-26-24-22-18-16-14-12-10-8-6-4-2/h16,18,42H,3-15,17,19-41H2,1-2H3,(H,45,46)/b18-16-. The van der Waals surface area contributed by atoms with Gasteiger partial charge >= 0.3 is 11.9 Å². The van der Waals surface area contributed by atoms with Crippen molar-refractivity contribution in [2.45, 2.75) is 258 Å². The molecule has 0 aliphatic rings. The average Bonchev–Trinajstić information content (AvgIpc) is 3.07. The van der Waals surface area contributed by atoms with Crippen LogP contribution >= 0.6 is 0 Å². The van der Waals surface area contributed by atoms with Crippen LogP contribution in [-0.4, -0.2) is 23.1 Å². The molecule has 0 aromatic rings. The van der Waals surface area contributed by atoms with Crippen molar-refractivity contribution in [3.63, 3.8) is 0 Å². The van der Waals surface area contributed by atoms with E-state index >= 15 is 0 Å². The molecule has 4 nitrogen and oxygen atoms in total. The molecule has 0 saturated carbocycles. The maximum atomic E-state index is 12.7. The summed E-state index contributed by atoms with van der Waals surface area (Å²) in [4.78, 5) is 23.4. The van der Waals surface area contributed by atoms with Gasteiger partial charge in [-0.15, -0.1) is 0 Å². The Balaban J connectivity index is 4.00. The van der Waals surface area contributed by atoms with Gasteiger partial charge in [0.1, 0.15) is 6.10 Å². The SMILES string of the molecule is CCCCCCC/C=C\CCCCCCCC(=O)OC(CCCCCCCCCCCCCCCCCC)CCCCCCCC(=O)O. The molecule has 284 valence electrons. The van der Waals surface area contributed by atoms with Gasteiger partial charge < -0.3 is 9.84 Å². The molecule has 0 spiro atoms. The van der Waals surface area contributed by atoms with Gasteiger partial charge in [0.2, 0.25) is 0 Å². The minimum absolute atomic E-state index is 0.000165. The van der Waals surface area contributed by atoms with Crippen LogP contribution in [0.4, 0.5) is 0 Å². The molecule has 1 unspecified atom stereocenters. The van der Waals surface area contributed by atoms with Crippen molar-refractivity contribution in [3.8, 4) is 0 Å². The van der Waals surface area contributed by atoms with E-state index in [1.807, 2.05) is 0 Å². The summed E-state index contributed by atoms with van der Waals surface area (Å²) >= 11 is 0. The number of carbonyl (C=O) groups is 2. The molecule has 0 radical (unpaired) electrons. The first-order valence-corrected chi connectivity index (χ1v) is 21.7. The fourth-order valence-electron chi connectivity index (χ4n) is 6.77. The van der Waals surface area contributed by atoms with Crippen LogP contribution in [0, 0.1) is 0 Å². The fourth-order valence-corrected chi connectivity index (χ4v) is 6.77. The highest BCUT2D eigenvalue weighted by Crippen LogP contribution is 2.19. The van der Waals surface area contributed by atoms with Crippen molar-refractivity contribution < 1.29 is 19.4 Å². The first kappa shape index (κ1) is 46.7. The zero-order valence-electron chi connectivity index (χ0n) is 32.6. The molecule has 0 aliphatic heterocycles. The van der Waals surface area contributed by atoms with E-state index in [0.717, 1.165) is 64.2 Å². The third-order valence-corrected chi connectivity index (χ3v) is 9.99. The highest BCUT2D eigenvalue weighted by molar-refractivity contribution is 5.69. The summed E-state index contributed by atoms with van der Waals surface area (Å²) in [5.74, 6) is -0.698. The molecule has 0 fully saturated rings. The smallest absolute Gasteiger partial charge is 0.306 e. The lowest BCUT2D eigenvalue weighted by Gasteiger charge is -2.18. The summed E-state index contributed by atoms with van der Waals surface area (Å²) < 4.78 is 6.02. The van der Waals surface area contributed by atoms with Crippen molar-refractivity contribution in [1.29, 1.82) is 0 Å². The van der Waals surface area contributed by atoms with Crippen LogP contribution in [0.2, 0.25) is 0 Å². The maximum Gasteiger partial charge on any atom is 0.306 e. The normalized spacial score (nSPS) is 12.2. The number of ether oxygens (including phenoxy) is 1. The Kier molecular flexibility index (Phi) is 39.0. The van der Waals surface area contributed by atoms with Crippen molar-refractivity contribution in [2.24, 2.45) is 0 Å². The molecule has 0 aliphatic carbocycles. The second-order valence-corrected chi connectivity index (χ2v) is 14.9. The van der Waals surface area contributed by atoms with Gasteiger partial charge in [-0.1, -0.05) is 187 Å². The van der Waals surface area contributed by atoms with Gasteiger partial charge in [-0.3, -0.25) is 9.59 Å². The zero-order valence-corrected chi connectivity index (χ0v) is 32.6. The predicted molar refractivity (Wildman–Crippen MR) is 209 cm³/mol. The van der Waals surface area contributed by atoms with Gasteiger partial charge in [-0.05, 0) is 64.2 Å². The van der Waals surface area contributed by atoms with Crippen molar-refractivity contribution in [3.05, 3.63) is 12.2 Å². The lowest BCUT2D eigenvalue weighted by molar-refractivity contribution is -0.150. The van der Waals surface area contributed by atoms with Gasteiger partial charge in [-0.25, -0.2) is 0 Å². The van der Waals surface area contributed by atoms with Gasteiger partial charge in [0.25, 0.3) is 0 Å². The number of esters is 1. The van der Waals surface area contributed by atoms with E-state index in [9.17, 15) is 9.59 Å². The summed E-state index contributed by atoms with van der Waals surface area (Å²) in [6, 6.07) is 0. The molecule has 1 N–H and O–H groups in total. The summed E-state index contributed by atoms with van der Waals surface area (Å²) in [5.41, 5.74) is 0. The molecular formula is C44H84O4. The highest BCUT2D eigenvalue weighted by Gasteiger charge is 2.14. The molecule has 1 atom stereocenters. The molecule has 0 bridgehead atoms. The van der Waals surface area contributed by atoms with Crippen LogP contribution in [-0.2, 0) is 14.3 Å². The number of allylic oxidation sites excluding steroid dienone is 2. The summed E-state index contributed by atoms with van der Waals surface area (Å²) in [6.45, 7) is 4.56. The van der Waals surface area contributed by atoms with Crippen molar-refractivity contribution in [2.75, 3.05) is 0 Å². The number of unbranched alkanes of at least 4 members (excludes halogenated alkanes) is 29. The van der Waals surface area contributed by atoms with E-state index in [-0.39, 0.29) is 18.5 Å². The predicted octanol–water partition coefficient (Wildman–Crippen LogP) is 15.0. The lowest BCUT2D eigenvalue weighted by Crippen LogP contribution is -2.18. The zero-order chi connectivity index (χ0) is 35.0. The lowest BCUT2D eigenvalue weighted by atomic mass is 10.0. The second kappa shape index (κ2) is 40.1. The van der Waals surface area contributed by atoms with Gasteiger partial charge in [0.15, 0.2) is 0 Å². The third-order valence-electron chi connectivity index (χ3n) is 9.99. The Hall–Kier alpha value is -1.32. The van der Waals surface area contributed by atoms with E-state index in [1.165, 1.54) is 161 Å². The van der Waals surface area contributed by atoms with E-state index in [0.29, 0.717) is 6.42 Å². The Bertz CT molecular complexity index is 687. The van der Waals surface area contributed by atoms with Crippen LogP contribution in [0.15, 0.2) is 12.2 Å². The topological polar surface area (TPSA) is 63.6 Å². The monoisotopic (exact) mass is 677 g/mol. The highest BCUT2D eigenvalue weighted by atomic mass is 16.5. The molecule has 0 aromatic heterocycles. The summed E-state index contributed by atoms with van der Waals surface area (Å²) in [5, 5.41) is 8.84. The maximum absolute atomic E-state index is 12.7. The van der Waals surface area contributed by atoms with Crippen molar-refractivity contribution in [1.82, 2.24) is 0 Å². The first-order valence-electron chi connectivity index (χ1n) is 21.7. The molecule has 0 aromatic carbocycles. The quantitative estimate of drug-likeness (QED) is 0.0398. The number of carboxylic acid groups (broad SMARTS) is 1. The molecule has 0 heterocycles. The molecule has 0 rings (SSSR count). The Morgan fingerprint density at radius 2 is 0.750 bits per heavy atom. The van der Waals surface area contributed by atoms with E-state index in [1.54, 1.807) is 0 Å². The van der Waals surface area contributed by atoms with Crippen LogP contribution in [0.5, 0.6) is 0 Å². The Morgan fingerprint density at radius 3 is 1.12 bits per heavy atom. The van der Waals surface area contributed by atoms with Crippen LogP contribution in [0.25, 0.3) is 0 Å². The van der Waals surface area contributed by atoms with Crippen LogP contribution < -0.4 is 0 Å². The van der Waals surface area contributed by atoms with Crippen LogP contribution in [0.3, 0.4) is 0 Å². The third kappa shape index (κ3) is 39.1. The number of hydrogen-bond acceptors (Lipinski definition) is 3. The minimum Gasteiger partial charge on any atom is -0.481 e. The molecular weight excluding hydrogens is 592 g/mol. The Labute approximate surface area is 300 Å². The number of carbonyl (C=O) groups excluding carboxylic acids is 1. The molecule has 0 saturated heterocycles. The fraction of sp³-hybridized carbons (Fsp3) is 0.909. The minimum atomic E-state index is -0.697. The number of rotatable bonds is 40. The molecule has 0 amide bonds. The van der Waals surface area contributed by atoms with Crippen molar-refractivity contribution >= 4 is 11.9 Å². The van der Waals surface area contributed by atoms with E-state index < -0.39 is 5.97 Å². The Morgan fingerprint density at radius 1 is 0.438 bits per heavy atom. The molecule has 4 heteroatoms. The largest absolute Gasteiger partial charge is 0.481 e. The first-order chi connectivity index (χ1) is 23.6. The summed E-state index contributed by atoms with van der Waals surface area (Å²) in [6.07, 6.45) is 49.5. The van der Waals surface area contributed by atoms with Gasteiger partial charge in [-0.2, -0.15) is 0 Å². The van der Waals surface area contributed by atoms with Gasteiger partial charge in [0.05, 0.1) is 0 Å². The number of carboxylic acids is 1. The van der Waals surface area contributed by atoms with E-state index in [4.69, 9.17) is 9.84 Å². The number of hydrogen-bond donors (Lipinski definition) is 1. The van der Waals surface area contributed by atoms with E-state index in [2.05, 4.69) is 26.0 Å². The van der Waals surface area contributed by atoms with Gasteiger partial charge in [0, 0.05) is 12.8 Å².